The molecule has 0 amide bonds. The van der Waals surface area contributed by atoms with Gasteiger partial charge in [0.05, 0.1) is 12.3 Å². The number of aromatic nitrogens is 1. The summed E-state index contributed by atoms with van der Waals surface area (Å²) in [7, 11) is 2.10. The molecule has 0 bridgehead atoms. The van der Waals surface area contributed by atoms with Crippen LogP contribution in [-0.4, -0.2) is 48.1 Å². The van der Waals surface area contributed by atoms with Crippen molar-refractivity contribution in [3.8, 4) is 17.2 Å². The summed E-state index contributed by atoms with van der Waals surface area (Å²) in [6.45, 7) is 6.01. The van der Waals surface area contributed by atoms with E-state index in [1.54, 1.807) is 6.26 Å². The Labute approximate surface area is 185 Å². The zero-order valence-corrected chi connectivity index (χ0v) is 18.5. The van der Waals surface area contributed by atoms with Gasteiger partial charge < -0.3 is 14.1 Å². The number of likely N-dealkylation sites (tertiary alicyclic amines) is 1. The molecule has 0 saturated carbocycles. The summed E-state index contributed by atoms with van der Waals surface area (Å²) < 4.78 is 11.6. The topological polar surface area (TPSA) is 41.7 Å². The Kier molecular flexibility index (Phi) is 7.75. The first-order chi connectivity index (χ1) is 15.3. The molecule has 0 unspecified atom stereocenters. The van der Waals surface area contributed by atoms with Gasteiger partial charge in [-0.3, -0.25) is 4.90 Å². The van der Waals surface area contributed by atoms with Gasteiger partial charge in [-0.2, -0.15) is 0 Å². The van der Waals surface area contributed by atoms with Gasteiger partial charge in [-0.1, -0.05) is 36.8 Å². The molecule has 0 spiro atoms. The molecule has 1 saturated heterocycles. The first-order valence-corrected chi connectivity index (χ1v) is 11.4. The number of benzene rings is 2. The predicted octanol–water partition coefficient (Wildman–Crippen LogP) is 5.23. The maximum Gasteiger partial charge on any atom is 0.226 e. The summed E-state index contributed by atoms with van der Waals surface area (Å²) in [4.78, 5) is 9.45. The minimum atomic E-state index is 0.653. The lowest BCUT2D eigenvalue weighted by Crippen LogP contribution is -2.31. The minimum Gasteiger partial charge on any atom is -0.494 e. The van der Waals surface area contributed by atoms with Gasteiger partial charge in [0.25, 0.3) is 0 Å². The molecule has 31 heavy (non-hydrogen) atoms. The first-order valence-electron chi connectivity index (χ1n) is 11.4. The molecule has 5 heteroatoms. The maximum absolute atomic E-state index is 5.92. The van der Waals surface area contributed by atoms with E-state index in [9.17, 15) is 0 Å². The Bertz CT molecular complexity index is 902. The third-order valence-electron chi connectivity index (χ3n) is 5.72. The Morgan fingerprint density at radius 2 is 1.74 bits per heavy atom. The van der Waals surface area contributed by atoms with Crippen LogP contribution >= 0.6 is 0 Å². The van der Waals surface area contributed by atoms with Crippen LogP contribution in [0.15, 0.2) is 65.3 Å². The number of nitrogens with zero attached hydrogens (tertiary/aromatic N) is 3. The molecule has 1 aromatic heterocycles. The van der Waals surface area contributed by atoms with E-state index in [4.69, 9.17) is 9.15 Å². The third kappa shape index (κ3) is 6.68. The Hall–Kier alpha value is -2.63. The standard InChI is InChI=1S/C26H33N3O2/c1-28(19-22-9-4-2-5-10-22)20-24-21-31-26(27-24)23-11-13-25(14-12-23)30-18-8-17-29-15-6-3-7-16-29/h2,4-5,9-14,21H,3,6-8,15-20H2,1H3. The van der Waals surface area contributed by atoms with Crippen LogP contribution in [0.4, 0.5) is 0 Å². The molecule has 0 aliphatic carbocycles. The summed E-state index contributed by atoms with van der Waals surface area (Å²) in [5.41, 5.74) is 3.20. The fourth-order valence-corrected chi connectivity index (χ4v) is 4.09. The minimum absolute atomic E-state index is 0.653. The summed E-state index contributed by atoms with van der Waals surface area (Å²) >= 11 is 0. The van der Waals surface area contributed by atoms with Gasteiger partial charge >= 0.3 is 0 Å². The van der Waals surface area contributed by atoms with Gasteiger partial charge in [0.15, 0.2) is 0 Å². The molecule has 2 heterocycles. The van der Waals surface area contributed by atoms with E-state index < -0.39 is 0 Å². The first kappa shape index (κ1) is 21.6. The lowest BCUT2D eigenvalue weighted by Gasteiger charge is -2.26. The van der Waals surface area contributed by atoms with Crippen LogP contribution in [-0.2, 0) is 13.1 Å². The molecular formula is C26H33N3O2. The fourth-order valence-electron chi connectivity index (χ4n) is 4.09. The van der Waals surface area contributed by atoms with Gasteiger partial charge in [-0.05, 0) is 69.2 Å². The SMILES string of the molecule is CN(Cc1ccccc1)Cc1coc(-c2ccc(OCCCN3CCCCC3)cc2)n1. The van der Waals surface area contributed by atoms with E-state index >= 15 is 0 Å². The second-order valence-corrected chi connectivity index (χ2v) is 8.43. The van der Waals surface area contributed by atoms with Crippen LogP contribution in [0.1, 0.15) is 36.9 Å². The average Bonchev–Trinajstić information content (AvgIpc) is 3.27. The highest BCUT2D eigenvalue weighted by Crippen LogP contribution is 2.22. The zero-order valence-electron chi connectivity index (χ0n) is 18.5. The van der Waals surface area contributed by atoms with E-state index in [0.29, 0.717) is 5.89 Å². The normalized spacial score (nSPS) is 14.8. The monoisotopic (exact) mass is 419 g/mol. The molecule has 3 aromatic rings. The van der Waals surface area contributed by atoms with Gasteiger partial charge in [-0.25, -0.2) is 4.98 Å². The average molecular weight is 420 g/mol. The van der Waals surface area contributed by atoms with Crippen molar-refractivity contribution in [1.29, 1.82) is 0 Å². The van der Waals surface area contributed by atoms with Crippen molar-refractivity contribution in [2.75, 3.05) is 33.3 Å². The molecule has 1 aliphatic heterocycles. The zero-order chi connectivity index (χ0) is 21.3. The second-order valence-electron chi connectivity index (χ2n) is 8.43. The number of rotatable bonds is 10. The number of oxazole rings is 1. The molecule has 0 N–H and O–H groups in total. The van der Waals surface area contributed by atoms with Crippen LogP contribution in [0, 0.1) is 0 Å². The Morgan fingerprint density at radius 1 is 0.968 bits per heavy atom. The van der Waals surface area contributed by atoms with Gasteiger partial charge in [0.1, 0.15) is 12.0 Å². The molecular weight excluding hydrogens is 386 g/mol. The van der Waals surface area contributed by atoms with Gasteiger partial charge in [0.2, 0.25) is 5.89 Å². The number of piperidine rings is 1. The van der Waals surface area contributed by atoms with Crippen molar-refractivity contribution in [2.24, 2.45) is 0 Å². The smallest absolute Gasteiger partial charge is 0.226 e. The Balaban J connectivity index is 1.23. The Morgan fingerprint density at radius 3 is 2.52 bits per heavy atom. The predicted molar refractivity (Wildman–Crippen MR) is 124 cm³/mol. The van der Waals surface area contributed by atoms with Crippen molar-refractivity contribution in [3.05, 3.63) is 72.1 Å². The third-order valence-corrected chi connectivity index (χ3v) is 5.72. The van der Waals surface area contributed by atoms with Crippen LogP contribution in [0.5, 0.6) is 5.75 Å². The van der Waals surface area contributed by atoms with Crippen molar-refractivity contribution in [1.82, 2.24) is 14.8 Å². The molecule has 1 aliphatic rings. The molecule has 0 radical (unpaired) electrons. The largest absolute Gasteiger partial charge is 0.494 e. The quantitative estimate of drug-likeness (QED) is 0.421. The molecule has 0 atom stereocenters. The van der Waals surface area contributed by atoms with Crippen molar-refractivity contribution >= 4 is 0 Å². The lowest BCUT2D eigenvalue weighted by atomic mass is 10.1. The summed E-state index contributed by atoms with van der Waals surface area (Å²) in [5.74, 6) is 1.55. The highest BCUT2D eigenvalue weighted by atomic mass is 16.5. The fraction of sp³-hybridized carbons (Fsp3) is 0.423. The van der Waals surface area contributed by atoms with Crippen molar-refractivity contribution in [3.63, 3.8) is 0 Å². The van der Waals surface area contributed by atoms with E-state index in [1.165, 1.54) is 37.9 Å². The summed E-state index contributed by atoms with van der Waals surface area (Å²) in [6.07, 6.45) is 6.89. The second kappa shape index (κ2) is 11.1. The van der Waals surface area contributed by atoms with E-state index in [1.807, 2.05) is 30.3 Å². The van der Waals surface area contributed by atoms with Gasteiger partial charge in [0, 0.05) is 25.2 Å². The molecule has 5 nitrogen and oxygen atoms in total. The van der Waals surface area contributed by atoms with Gasteiger partial charge in [-0.15, -0.1) is 0 Å². The van der Waals surface area contributed by atoms with Crippen molar-refractivity contribution in [2.45, 2.75) is 38.8 Å². The summed E-state index contributed by atoms with van der Waals surface area (Å²) in [5, 5.41) is 0. The molecule has 2 aromatic carbocycles. The number of hydrogen-bond acceptors (Lipinski definition) is 5. The molecule has 4 rings (SSSR count). The number of hydrogen-bond donors (Lipinski definition) is 0. The maximum atomic E-state index is 5.92. The number of ether oxygens (including phenoxy) is 1. The van der Waals surface area contributed by atoms with Crippen LogP contribution in [0.3, 0.4) is 0 Å². The van der Waals surface area contributed by atoms with E-state index in [-0.39, 0.29) is 0 Å². The van der Waals surface area contributed by atoms with E-state index in [0.717, 1.165) is 49.7 Å². The van der Waals surface area contributed by atoms with Crippen LogP contribution in [0.25, 0.3) is 11.5 Å². The van der Waals surface area contributed by atoms with Crippen LogP contribution in [0.2, 0.25) is 0 Å². The lowest BCUT2D eigenvalue weighted by molar-refractivity contribution is 0.205. The van der Waals surface area contributed by atoms with Crippen molar-refractivity contribution < 1.29 is 9.15 Å². The molecule has 164 valence electrons. The van der Waals surface area contributed by atoms with E-state index in [2.05, 4.69) is 46.1 Å². The molecule has 1 fully saturated rings. The highest BCUT2D eigenvalue weighted by Gasteiger charge is 2.11. The highest BCUT2D eigenvalue weighted by molar-refractivity contribution is 5.54. The summed E-state index contributed by atoms with van der Waals surface area (Å²) in [6, 6.07) is 18.5. The van der Waals surface area contributed by atoms with Crippen LogP contribution < -0.4 is 4.74 Å².